The van der Waals surface area contributed by atoms with Crippen LogP contribution in [0.3, 0.4) is 0 Å². The second-order valence-electron chi connectivity index (χ2n) is 4.37. The van der Waals surface area contributed by atoms with Crippen molar-refractivity contribution in [3.63, 3.8) is 0 Å². The molecule has 1 N–H and O–H groups in total. The summed E-state index contributed by atoms with van der Waals surface area (Å²) in [6.45, 7) is 6.68. The van der Waals surface area contributed by atoms with Crippen molar-refractivity contribution in [1.29, 1.82) is 0 Å². The Labute approximate surface area is 81.3 Å². The molecule has 0 amide bonds. The first-order chi connectivity index (χ1) is 6.25. The fourth-order valence-corrected chi connectivity index (χ4v) is 2.41. The maximum Gasteiger partial charge on any atom is 0.0468 e. The Balaban J connectivity index is 2.41. The van der Waals surface area contributed by atoms with Crippen molar-refractivity contribution in [3.05, 3.63) is 0 Å². The molecule has 1 fully saturated rings. The number of hydrogen-bond donors (Lipinski definition) is 1. The summed E-state index contributed by atoms with van der Waals surface area (Å²) in [6, 6.07) is 0. The summed E-state index contributed by atoms with van der Waals surface area (Å²) < 4.78 is 5.35. The minimum atomic E-state index is 0.334. The van der Waals surface area contributed by atoms with Crippen LogP contribution >= 0.6 is 0 Å². The summed E-state index contributed by atoms with van der Waals surface area (Å²) in [5, 5.41) is 8.98. The van der Waals surface area contributed by atoms with Gasteiger partial charge in [0.1, 0.15) is 0 Å². The van der Waals surface area contributed by atoms with Crippen LogP contribution in [0, 0.1) is 17.8 Å². The molecule has 2 heteroatoms. The van der Waals surface area contributed by atoms with Crippen LogP contribution in [-0.4, -0.2) is 24.9 Å². The van der Waals surface area contributed by atoms with Crippen LogP contribution in [-0.2, 0) is 4.74 Å². The number of aliphatic hydroxyl groups excluding tert-OH is 1. The van der Waals surface area contributed by atoms with Crippen LogP contribution in [0.15, 0.2) is 0 Å². The first kappa shape index (κ1) is 11.0. The molecule has 0 bridgehead atoms. The lowest BCUT2D eigenvalue weighted by Gasteiger charge is -2.32. The Morgan fingerprint density at radius 3 is 2.38 bits per heavy atom. The van der Waals surface area contributed by atoms with E-state index in [1.54, 1.807) is 0 Å². The van der Waals surface area contributed by atoms with E-state index in [0.29, 0.717) is 18.4 Å². The van der Waals surface area contributed by atoms with E-state index < -0.39 is 0 Å². The molecule has 0 aromatic rings. The van der Waals surface area contributed by atoms with Crippen LogP contribution in [0.1, 0.15) is 33.1 Å². The molecule has 1 heterocycles. The number of hydrogen-bond acceptors (Lipinski definition) is 2. The second kappa shape index (κ2) is 5.61. The smallest absolute Gasteiger partial charge is 0.0468 e. The quantitative estimate of drug-likeness (QED) is 0.728. The van der Waals surface area contributed by atoms with E-state index in [0.717, 1.165) is 25.6 Å². The Bertz CT molecular complexity index is 128. The summed E-state index contributed by atoms with van der Waals surface area (Å²) >= 11 is 0. The predicted molar refractivity (Wildman–Crippen MR) is 53.6 cm³/mol. The third kappa shape index (κ3) is 3.28. The molecule has 1 unspecified atom stereocenters. The molecule has 2 nitrogen and oxygen atoms in total. The molecule has 0 saturated carbocycles. The van der Waals surface area contributed by atoms with E-state index in [9.17, 15) is 0 Å². The zero-order chi connectivity index (χ0) is 9.68. The average Bonchev–Trinajstić information content (AvgIpc) is 2.15. The monoisotopic (exact) mass is 186 g/mol. The van der Waals surface area contributed by atoms with Crippen LogP contribution in [0.5, 0.6) is 0 Å². The van der Waals surface area contributed by atoms with Gasteiger partial charge in [0, 0.05) is 19.8 Å². The average molecular weight is 186 g/mol. The van der Waals surface area contributed by atoms with E-state index in [4.69, 9.17) is 9.84 Å². The first-order valence-corrected chi connectivity index (χ1v) is 5.44. The van der Waals surface area contributed by atoms with Gasteiger partial charge >= 0.3 is 0 Å². The van der Waals surface area contributed by atoms with Gasteiger partial charge in [0.05, 0.1) is 0 Å². The highest BCUT2D eigenvalue weighted by molar-refractivity contribution is 4.75. The lowest BCUT2D eigenvalue weighted by Crippen LogP contribution is -2.27. The highest BCUT2D eigenvalue weighted by atomic mass is 16.5. The first-order valence-electron chi connectivity index (χ1n) is 5.44. The lowest BCUT2D eigenvalue weighted by molar-refractivity contribution is 0.0309. The lowest BCUT2D eigenvalue weighted by atomic mass is 9.77. The minimum absolute atomic E-state index is 0.334. The molecule has 0 aromatic carbocycles. The van der Waals surface area contributed by atoms with Crippen LogP contribution < -0.4 is 0 Å². The van der Waals surface area contributed by atoms with Crippen LogP contribution in [0.4, 0.5) is 0 Å². The summed E-state index contributed by atoms with van der Waals surface area (Å²) in [7, 11) is 0. The minimum Gasteiger partial charge on any atom is -0.396 e. The SMILES string of the molecule is CC(C)C(CCO)C1CCOCC1. The fourth-order valence-electron chi connectivity index (χ4n) is 2.41. The van der Waals surface area contributed by atoms with E-state index in [2.05, 4.69) is 13.8 Å². The van der Waals surface area contributed by atoms with Crippen molar-refractivity contribution in [1.82, 2.24) is 0 Å². The van der Waals surface area contributed by atoms with Gasteiger partial charge in [-0.1, -0.05) is 13.8 Å². The fraction of sp³-hybridized carbons (Fsp3) is 1.00. The summed E-state index contributed by atoms with van der Waals surface area (Å²) in [4.78, 5) is 0. The molecular formula is C11H22O2. The van der Waals surface area contributed by atoms with Gasteiger partial charge in [-0.15, -0.1) is 0 Å². The van der Waals surface area contributed by atoms with Crippen molar-refractivity contribution >= 4 is 0 Å². The van der Waals surface area contributed by atoms with Gasteiger partial charge in [-0.3, -0.25) is 0 Å². The Hall–Kier alpha value is -0.0800. The highest BCUT2D eigenvalue weighted by Gasteiger charge is 2.25. The molecule has 1 atom stereocenters. The van der Waals surface area contributed by atoms with Gasteiger partial charge in [-0.25, -0.2) is 0 Å². The molecule has 13 heavy (non-hydrogen) atoms. The van der Waals surface area contributed by atoms with Crippen molar-refractivity contribution in [3.8, 4) is 0 Å². The maximum absolute atomic E-state index is 8.98. The number of rotatable bonds is 4. The van der Waals surface area contributed by atoms with Gasteiger partial charge in [-0.05, 0) is 37.0 Å². The van der Waals surface area contributed by atoms with Gasteiger partial charge in [0.2, 0.25) is 0 Å². The molecule has 1 saturated heterocycles. The number of ether oxygens (including phenoxy) is 1. The third-order valence-electron chi connectivity index (χ3n) is 3.19. The second-order valence-corrected chi connectivity index (χ2v) is 4.37. The maximum atomic E-state index is 8.98. The van der Waals surface area contributed by atoms with Gasteiger partial charge in [-0.2, -0.15) is 0 Å². The Morgan fingerprint density at radius 2 is 1.92 bits per heavy atom. The van der Waals surface area contributed by atoms with Crippen LogP contribution in [0.2, 0.25) is 0 Å². The van der Waals surface area contributed by atoms with Crippen molar-refractivity contribution in [2.75, 3.05) is 19.8 Å². The molecule has 1 rings (SSSR count). The molecular weight excluding hydrogens is 164 g/mol. The predicted octanol–water partition coefficient (Wildman–Crippen LogP) is 2.07. The van der Waals surface area contributed by atoms with Crippen molar-refractivity contribution in [2.45, 2.75) is 33.1 Å². The highest BCUT2D eigenvalue weighted by Crippen LogP contribution is 2.31. The van der Waals surface area contributed by atoms with Crippen molar-refractivity contribution in [2.24, 2.45) is 17.8 Å². The van der Waals surface area contributed by atoms with E-state index >= 15 is 0 Å². The van der Waals surface area contributed by atoms with Gasteiger partial charge in [0.15, 0.2) is 0 Å². The zero-order valence-electron chi connectivity index (χ0n) is 8.83. The normalized spacial score (nSPS) is 22.2. The zero-order valence-corrected chi connectivity index (χ0v) is 8.83. The van der Waals surface area contributed by atoms with Crippen molar-refractivity contribution < 1.29 is 9.84 Å². The molecule has 1 aliphatic heterocycles. The molecule has 0 aromatic heterocycles. The van der Waals surface area contributed by atoms with Gasteiger partial charge in [0.25, 0.3) is 0 Å². The topological polar surface area (TPSA) is 29.5 Å². The van der Waals surface area contributed by atoms with Crippen LogP contribution in [0.25, 0.3) is 0 Å². The Morgan fingerprint density at radius 1 is 1.31 bits per heavy atom. The van der Waals surface area contributed by atoms with Gasteiger partial charge < -0.3 is 9.84 Å². The summed E-state index contributed by atoms with van der Waals surface area (Å²) in [5.41, 5.74) is 0. The summed E-state index contributed by atoms with van der Waals surface area (Å²) in [5.74, 6) is 2.16. The Kier molecular flexibility index (Phi) is 4.74. The molecule has 0 aliphatic carbocycles. The van der Waals surface area contributed by atoms with E-state index in [-0.39, 0.29) is 0 Å². The molecule has 0 radical (unpaired) electrons. The van der Waals surface area contributed by atoms with E-state index in [1.807, 2.05) is 0 Å². The molecule has 0 spiro atoms. The molecule has 1 aliphatic rings. The molecule has 78 valence electrons. The third-order valence-corrected chi connectivity index (χ3v) is 3.19. The number of aliphatic hydroxyl groups is 1. The summed E-state index contributed by atoms with van der Waals surface area (Å²) in [6.07, 6.45) is 3.33. The largest absolute Gasteiger partial charge is 0.396 e. The standard InChI is InChI=1S/C11H22O2/c1-9(2)11(3-6-12)10-4-7-13-8-5-10/h9-12H,3-8H2,1-2H3. The van der Waals surface area contributed by atoms with E-state index in [1.165, 1.54) is 12.8 Å².